The molecule has 0 radical (unpaired) electrons. The summed E-state index contributed by atoms with van der Waals surface area (Å²) in [5, 5.41) is 0. The molecule has 5 heteroatoms. The fourth-order valence-electron chi connectivity index (χ4n) is 5.92. The van der Waals surface area contributed by atoms with Crippen LogP contribution in [-0.4, -0.2) is 24.4 Å². The van der Waals surface area contributed by atoms with Crippen LogP contribution in [-0.2, 0) is 14.3 Å². The maximum Gasteiger partial charge on any atom is 0.338 e. The molecule has 3 aliphatic carbocycles. The van der Waals surface area contributed by atoms with Gasteiger partial charge in [-0.15, -0.1) is 0 Å². The van der Waals surface area contributed by atoms with E-state index in [1.54, 1.807) is 31.2 Å². The minimum atomic E-state index is -0.467. The summed E-state index contributed by atoms with van der Waals surface area (Å²) >= 11 is 0. The van der Waals surface area contributed by atoms with Crippen LogP contribution in [0, 0.1) is 11.8 Å². The fraction of sp³-hybridized carbons (Fsp3) is 0.222. The monoisotopic (exact) mass is 423 g/mol. The molecule has 0 spiro atoms. The van der Waals surface area contributed by atoms with Gasteiger partial charge in [-0.3, -0.25) is 9.59 Å². The van der Waals surface area contributed by atoms with E-state index in [4.69, 9.17) is 4.74 Å². The first-order valence-corrected chi connectivity index (χ1v) is 10.9. The lowest BCUT2D eigenvalue weighted by Gasteiger charge is -2.45. The largest absolute Gasteiger partial charge is 0.462 e. The number of esters is 1. The average Bonchev–Trinajstić information content (AvgIpc) is 3.10. The molecule has 0 N–H and O–H groups in total. The van der Waals surface area contributed by atoms with Crippen LogP contribution < -0.4 is 4.90 Å². The molecule has 2 amide bonds. The lowest BCUT2D eigenvalue weighted by atomic mass is 9.55. The molecule has 2 atom stereocenters. The molecule has 3 aromatic carbocycles. The van der Waals surface area contributed by atoms with Crippen LogP contribution in [0.2, 0.25) is 0 Å². The number of anilines is 1. The number of benzene rings is 3. The lowest BCUT2D eigenvalue weighted by molar-refractivity contribution is -0.122. The van der Waals surface area contributed by atoms with Crippen molar-refractivity contribution in [1.29, 1.82) is 0 Å². The Bertz CT molecular complexity index is 1180. The Balaban J connectivity index is 1.48. The van der Waals surface area contributed by atoms with Gasteiger partial charge in [0.1, 0.15) is 0 Å². The van der Waals surface area contributed by atoms with Gasteiger partial charge in [0.2, 0.25) is 11.8 Å². The number of ether oxygens (including phenoxy) is 1. The standard InChI is InChI=1S/C27H21NO4/c1-2-32-27(31)15-8-7-9-16(14-15)28-25(29)23-21-17-10-3-4-11-18(17)22(24(23)26(28)30)20-13-6-5-12-19(20)21/h3-14,21-24H,2H2,1H3. The highest BCUT2D eigenvalue weighted by molar-refractivity contribution is 6.23. The Labute approximate surface area is 185 Å². The predicted octanol–water partition coefficient (Wildman–Crippen LogP) is 4.26. The van der Waals surface area contributed by atoms with Crippen molar-refractivity contribution in [2.24, 2.45) is 11.8 Å². The molecular weight excluding hydrogens is 402 g/mol. The van der Waals surface area contributed by atoms with E-state index in [9.17, 15) is 14.4 Å². The summed E-state index contributed by atoms with van der Waals surface area (Å²) in [5.74, 6) is -2.03. The Morgan fingerprint density at radius 1 is 0.781 bits per heavy atom. The van der Waals surface area contributed by atoms with Crippen molar-refractivity contribution >= 4 is 23.5 Å². The highest BCUT2D eigenvalue weighted by Gasteiger charge is 2.61. The Morgan fingerprint density at radius 2 is 1.28 bits per heavy atom. The molecule has 2 bridgehead atoms. The zero-order valence-electron chi connectivity index (χ0n) is 17.5. The quantitative estimate of drug-likeness (QED) is 0.467. The highest BCUT2D eigenvalue weighted by atomic mass is 16.5. The number of hydrogen-bond acceptors (Lipinski definition) is 4. The highest BCUT2D eigenvalue weighted by Crippen LogP contribution is 2.61. The number of carbonyl (C=O) groups is 3. The van der Waals surface area contributed by atoms with E-state index in [0.717, 1.165) is 22.3 Å². The molecule has 4 aliphatic rings. The van der Waals surface area contributed by atoms with E-state index in [1.165, 1.54) is 4.90 Å². The first-order valence-electron chi connectivity index (χ1n) is 10.9. The summed E-state index contributed by atoms with van der Waals surface area (Å²) in [6, 6.07) is 22.9. The van der Waals surface area contributed by atoms with Crippen LogP contribution in [0.3, 0.4) is 0 Å². The van der Waals surface area contributed by atoms with Gasteiger partial charge < -0.3 is 4.74 Å². The molecular formula is C27H21NO4. The molecule has 1 heterocycles. The van der Waals surface area contributed by atoms with Crippen molar-refractivity contribution in [3.8, 4) is 0 Å². The topological polar surface area (TPSA) is 63.7 Å². The summed E-state index contributed by atoms with van der Waals surface area (Å²) in [4.78, 5) is 41.0. The van der Waals surface area contributed by atoms with E-state index >= 15 is 0 Å². The first-order chi connectivity index (χ1) is 15.6. The van der Waals surface area contributed by atoms with Crippen LogP contribution in [0.1, 0.15) is 51.4 Å². The van der Waals surface area contributed by atoms with Gasteiger partial charge in [0.15, 0.2) is 0 Å². The van der Waals surface area contributed by atoms with E-state index in [-0.39, 0.29) is 30.3 Å². The molecule has 158 valence electrons. The van der Waals surface area contributed by atoms with Crippen molar-refractivity contribution in [3.63, 3.8) is 0 Å². The van der Waals surface area contributed by atoms with E-state index < -0.39 is 17.8 Å². The second-order valence-electron chi connectivity index (χ2n) is 8.55. The first kappa shape index (κ1) is 19.0. The second-order valence-corrected chi connectivity index (χ2v) is 8.55. The number of amides is 2. The third-order valence-corrected chi connectivity index (χ3v) is 7.06. The van der Waals surface area contributed by atoms with Gasteiger partial charge in [0, 0.05) is 11.8 Å². The van der Waals surface area contributed by atoms with E-state index in [1.807, 2.05) is 24.3 Å². The molecule has 0 aromatic heterocycles. The maximum atomic E-state index is 13.8. The van der Waals surface area contributed by atoms with Crippen LogP contribution >= 0.6 is 0 Å². The normalized spacial score (nSPS) is 24.7. The van der Waals surface area contributed by atoms with Gasteiger partial charge in [0.05, 0.1) is 29.7 Å². The Hall–Kier alpha value is -3.73. The summed E-state index contributed by atoms with van der Waals surface area (Å²) < 4.78 is 5.10. The van der Waals surface area contributed by atoms with Crippen LogP contribution in [0.25, 0.3) is 0 Å². The van der Waals surface area contributed by atoms with Gasteiger partial charge in [-0.25, -0.2) is 9.69 Å². The molecule has 7 rings (SSSR count). The summed E-state index contributed by atoms with van der Waals surface area (Å²) in [7, 11) is 0. The molecule has 1 fully saturated rings. The van der Waals surface area contributed by atoms with E-state index in [2.05, 4.69) is 24.3 Å². The smallest absolute Gasteiger partial charge is 0.338 e. The van der Waals surface area contributed by atoms with Crippen molar-refractivity contribution in [2.45, 2.75) is 18.8 Å². The third kappa shape index (κ3) is 2.42. The minimum absolute atomic E-state index is 0.146. The Kier molecular flexibility index (Phi) is 4.09. The number of imide groups is 1. The van der Waals surface area contributed by atoms with Crippen LogP contribution in [0.15, 0.2) is 72.8 Å². The molecule has 1 saturated heterocycles. The molecule has 1 aliphatic heterocycles. The fourth-order valence-corrected chi connectivity index (χ4v) is 5.92. The minimum Gasteiger partial charge on any atom is -0.462 e. The van der Waals surface area contributed by atoms with Crippen molar-refractivity contribution in [2.75, 3.05) is 11.5 Å². The molecule has 3 aromatic rings. The second kappa shape index (κ2) is 6.89. The third-order valence-electron chi connectivity index (χ3n) is 7.06. The molecule has 32 heavy (non-hydrogen) atoms. The van der Waals surface area contributed by atoms with Crippen molar-refractivity contribution in [1.82, 2.24) is 0 Å². The van der Waals surface area contributed by atoms with Crippen LogP contribution in [0.5, 0.6) is 0 Å². The van der Waals surface area contributed by atoms with Gasteiger partial charge in [-0.05, 0) is 47.4 Å². The number of nitrogens with zero attached hydrogens (tertiary/aromatic N) is 1. The molecule has 0 saturated carbocycles. The predicted molar refractivity (Wildman–Crippen MR) is 118 cm³/mol. The van der Waals surface area contributed by atoms with Crippen molar-refractivity contribution in [3.05, 3.63) is 101 Å². The zero-order valence-corrected chi connectivity index (χ0v) is 17.5. The SMILES string of the molecule is CCOC(=O)c1cccc(N2C(=O)C3C4c5ccccc5C(c5ccccc54)C3C2=O)c1. The van der Waals surface area contributed by atoms with Gasteiger partial charge in [-0.1, -0.05) is 54.6 Å². The van der Waals surface area contributed by atoms with E-state index in [0.29, 0.717) is 11.3 Å². The summed E-state index contributed by atoms with van der Waals surface area (Å²) in [5.41, 5.74) is 5.31. The maximum absolute atomic E-state index is 13.8. The summed E-state index contributed by atoms with van der Waals surface area (Å²) in [6.07, 6.45) is 0. The van der Waals surface area contributed by atoms with Gasteiger partial charge in [0.25, 0.3) is 0 Å². The van der Waals surface area contributed by atoms with Gasteiger partial charge in [-0.2, -0.15) is 0 Å². The zero-order chi connectivity index (χ0) is 22.0. The average molecular weight is 423 g/mol. The molecule has 2 unspecified atom stereocenters. The Morgan fingerprint density at radius 3 is 1.75 bits per heavy atom. The summed E-state index contributed by atoms with van der Waals surface area (Å²) in [6.45, 7) is 2.00. The number of carbonyl (C=O) groups excluding carboxylic acids is 3. The van der Waals surface area contributed by atoms with Crippen LogP contribution in [0.4, 0.5) is 5.69 Å². The lowest BCUT2D eigenvalue weighted by Crippen LogP contribution is -2.41. The number of rotatable bonds is 3. The molecule has 5 nitrogen and oxygen atoms in total. The number of hydrogen-bond donors (Lipinski definition) is 0. The van der Waals surface area contributed by atoms with Crippen molar-refractivity contribution < 1.29 is 19.1 Å². The van der Waals surface area contributed by atoms with Gasteiger partial charge >= 0.3 is 5.97 Å².